The van der Waals surface area contributed by atoms with Gasteiger partial charge in [-0.3, -0.25) is 0 Å². The van der Waals surface area contributed by atoms with Crippen molar-refractivity contribution in [1.29, 1.82) is 0 Å². The standard InChI is InChI=1S/C25H36O3/c1-8-27-25-12-11-23(17(4)5)19(7)24(25)14-20(26)15-28-21-9-10-22(16(2)3)18(6)13-21/h9-13,16-17,20,26H,8,14-15H2,1-7H3. The Morgan fingerprint density at radius 2 is 1.54 bits per heavy atom. The van der Waals surface area contributed by atoms with Crippen molar-refractivity contribution in [2.45, 2.75) is 72.8 Å². The molecule has 0 heterocycles. The lowest BCUT2D eigenvalue weighted by molar-refractivity contribution is 0.107. The van der Waals surface area contributed by atoms with Crippen LogP contribution in [-0.4, -0.2) is 24.4 Å². The molecule has 0 aromatic heterocycles. The molecule has 1 atom stereocenters. The normalized spacial score (nSPS) is 12.5. The minimum Gasteiger partial charge on any atom is -0.494 e. The lowest BCUT2D eigenvalue weighted by atomic mass is 9.91. The number of aryl methyl sites for hydroxylation is 1. The number of benzene rings is 2. The molecule has 0 spiro atoms. The van der Waals surface area contributed by atoms with E-state index < -0.39 is 6.10 Å². The quantitative estimate of drug-likeness (QED) is 0.582. The van der Waals surface area contributed by atoms with Crippen molar-refractivity contribution >= 4 is 0 Å². The van der Waals surface area contributed by atoms with Crippen molar-refractivity contribution in [3.8, 4) is 11.5 Å². The van der Waals surface area contributed by atoms with Crippen LogP contribution in [0.25, 0.3) is 0 Å². The van der Waals surface area contributed by atoms with Gasteiger partial charge in [-0.05, 0) is 73.1 Å². The summed E-state index contributed by atoms with van der Waals surface area (Å²) in [6.07, 6.45) is -0.0736. The molecule has 0 saturated heterocycles. The molecular weight excluding hydrogens is 348 g/mol. The fourth-order valence-corrected chi connectivity index (χ4v) is 3.79. The Balaban J connectivity index is 2.11. The monoisotopic (exact) mass is 384 g/mol. The summed E-state index contributed by atoms with van der Waals surface area (Å²) in [7, 11) is 0. The zero-order valence-corrected chi connectivity index (χ0v) is 18.5. The largest absolute Gasteiger partial charge is 0.494 e. The third-order valence-electron chi connectivity index (χ3n) is 5.26. The van der Waals surface area contributed by atoms with Crippen molar-refractivity contribution in [1.82, 2.24) is 0 Å². The SMILES string of the molecule is CCOc1ccc(C(C)C)c(C)c1CC(O)COc1ccc(C(C)C)c(C)c1. The highest BCUT2D eigenvalue weighted by molar-refractivity contribution is 5.46. The van der Waals surface area contributed by atoms with E-state index in [1.807, 2.05) is 19.1 Å². The molecule has 0 aliphatic carbocycles. The smallest absolute Gasteiger partial charge is 0.122 e. The first-order chi connectivity index (χ1) is 13.2. The predicted octanol–water partition coefficient (Wildman–Crippen LogP) is 5.93. The first kappa shape index (κ1) is 22.3. The highest BCUT2D eigenvalue weighted by Crippen LogP contribution is 2.31. The summed E-state index contributed by atoms with van der Waals surface area (Å²) < 4.78 is 11.7. The second kappa shape index (κ2) is 9.97. The molecule has 0 aliphatic rings. The summed E-state index contributed by atoms with van der Waals surface area (Å²) in [5, 5.41) is 10.6. The molecule has 0 radical (unpaired) electrons. The van der Waals surface area contributed by atoms with Gasteiger partial charge in [-0.15, -0.1) is 0 Å². The molecule has 1 unspecified atom stereocenters. The summed E-state index contributed by atoms with van der Waals surface area (Å²) in [6, 6.07) is 10.3. The van der Waals surface area contributed by atoms with E-state index in [-0.39, 0.29) is 6.61 Å². The molecule has 0 fully saturated rings. The summed E-state index contributed by atoms with van der Waals surface area (Å²) >= 11 is 0. The van der Waals surface area contributed by atoms with E-state index in [1.165, 1.54) is 22.3 Å². The average molecular weight is 385 g/mol. The van der Waals surface area contributed by atoms with Gasteiger partial charge in [-0.2, -0.15) is 0 Å². The lowest BCUT2D eigenvalue weighted by Crippen LogP contribution is -2.21. The molecule has 1 N–H and O–H groups in total. The number of rotatable bonds is 9. The first-order valence-corrected chi connectivity index (χ1v) is 10.4. The third-order valence-corrected chi connectivity index (χ3v) is 5.26. The van der Waals surface area contributed by atoms with Crippen LogP contribution >= 0.6 is 0 Å². The molecule has 3 heteroatoms. The van der Waals surface area contributed by atoms with Gasteiger partial charge in [-0.1, -0.05) is 39.8 Å². The van der Waals surface area contributed by atoms with E-state index in [9.17, 15) is 5.11 Å². The molecule has 2 rings (SSSR count). The van der Waals surface area contributed by atoms with Crippen LogP contribution in [-0.2, 0) is 6.42 Å². The van der Waals surface area contributed by atoms with Gasteiger partial charge in [0.05, 0.1) is 12.7 Å². The number of aliphatic hydroxyl groups is 1. The van der Waals surface area contributed by atoms with E-state index in [4.69, 9.17) is 9.47 Å². The van der Waals surface area contributed by atoms with Gasteiger partial charge < -0.3 is 14.6 Å². The third kappa shape index (κ3) is 5.51. The summed E-state index contributed by atoms with van der Waals surface area (Å²) in [5.74, 6) is 2.59. The van der Waals surface area contributed by atoms with Gasteiger partial charge in [0.2, 0.25) is 0 Å². The van der Waals surface area contributed by atoms with Gasteiger partial charge in [0.1, 0.15) is 18.1 Å². The Labute approximate surface area is 170 Å². The Bertz CT molecular complexity index is 778. The van der Waals surface area contributed by atoms with E-state index in [1.54, 1.807) is 0 Å². The van der Waals surface area contributed by atoms with Crippen molar-refractivity contribution in [3.05, 3.63) is 58.1 Å². The topological polar surface area (TPSA) is 38.7 Å². The van der Waals surface area contributed by atoms with Crippen molar-refractivity contribution in [2.24, 2.45) is 0 Å². The van der Waals surface area contributed by atoms with Crippen molar-refractivity contribution in [2.75, 3.05) is 13.2 Å². The molecule has 0 aliphatic heterocycles. The highest BCUT2D eigenvalue weighted by atomic mass is 16.5. The molecule has 154 valence electrons. The molecular formula is C25H36O3. The number of hydrogen-bond donors (Lipinski definition) is 1. The lowest BCUT2D eigenvalue weighted by Gasteiger charge is -2.21. The van der Waals surface area contributed by atoms with Crippen LogP contribution in [0.3, 0.4) is 0 Å². The molecule has 3 nitrogen and oxygen atoms in total. The number of aliphatic hydroxyl groups excluding tert-OH is 1. The average Bonchev–Trinajstić information content (AvgIpc) is 2.62. The fraction of sp³-hybridized carbons (Fsp3) is 0.520. The van der Waals surface area contributed by atoms with Gasteiger partial charge in [0, 0.05) is 12.0 Å². The van der Waals surface area contributed by atoms with E-state index in [0.29, 0.717) is 24.9 Å². The molecule has 0 saturated carbocycles. The Morgan fingerprint density at radius 3 is 2.11 bits per heavy atom. The van der Waals surface area contributed by atoms with E-state index >= 15 is 0 Å². The van der Waals surface area contributed by atoms with Crippen LogP contribution in [0.4, 0.5) is 0 Å². The maximum atomic E-state index is 10.6. The maximum Gasteiger partial charge on any atom is 0.122 e. The Morgan fingerprint density at radius 1 is 0.893 bits per heavy atom. The second-order valence-corrected chi connectivity index (χ2v) is 8.19. The minimum absolute atomic E-state index is 0.261. The number of ether oxygens (including phenoxy) is 2. The van der Waals surface area contributed by atoms with Gasteiger partial charge in [0.25, 0.3) is 0 Å². The highest BCUT2D eigenvalue weighted by Gasteiger charge is 2.17. The summed E-state index contributed by atoms with van der Waals surface area (Å²) in [6.45, 7) is 15.8. The van der Waals surface area contributed by atoms with Crippen molar-refractivity contribution in [3.63, 3.8) is 0 Å². The predicted molar refractivity (Wildman–Crippen MR) is 117 cm³/mol. The fourth-order valence-electron chi connectivity index (χ4n) is 3.79. The first-order valence-electron chi connectivity index (χ1n) is 10.4. The second-order valence-electron chi connectivity index (χ2n) is 8.19. The van der Waals surface area contributed by atoms with Crippen LogP contribution in [0.2, 0.25) is 0 Å². The van der Waals surface area contributed by atoms with Crippen LogP contribution in [0, 0.1) is 13.8 Å². The Kier molecular flexibility index (Phi) is 7.94. The Hall–Kier alpha value is -2.00. The molecule has 2 aromatic rings. The molecule has 0 bridgehead atoms. The van der Waals surface area contributed by atoms with Gasteiger partial charge in [0.15, 0.2) is 0 Å². The van der Waals surface area contributed by atoms with E-state index in [2.05, 4.69) is 59.7 Å². The molecule has 28 heavy (non-hydrogen) atoms. The van der Waals surface area contributed by atoms with Crippen LogP contribution in [0.15, 0.2) is 30.3 Å². The van der Waals surface area contributed by atoms with Crippen LogP contribution in [0.1, 0.15) is 74.3 Å². The minimum atomic E-state index is -0.592. The van der Waals surface area contributed by atoms with Crippen LogP contribution in [0.5, 0.6) is 11.5 Å². The summed E-state index contributed by atoms with van der Waals surface area (Å²) in [4.78, 5) is 0. The van der Waals surface area contributed by atoms with Gasteiger partial charge in [-0.25, -0.2) is 0 Å². The number of hydrogen-bond acceptors (Lipinski definition) is 3. The maximum absolute atomic E-state index is 10.6. The molecule has 2 aromatic carbocycles. The van der Waals surface area contributed by atoms with Gasteiger partial charge >= 0.3 is 0 Å². The molecule has 0 amide bonds. The zero-order valence-electron chi connectivity index (χ0n) is 18.5. The van der Waals surface area contributed by atoms with Crippen molar-refractivity contribution < 1.29 is 14.6 Å². The zero-order chi connectivity index (χ0) is 20.8. The summed E-state index contributed by atoms with van der Waals surface area (Å²) in [5.41, 5.74) is 6.13. The van der Waals surface area contributed by atoms with E-state index in [0.717, 1.165) is 17.1 Å². The van der Waals surface area contributed by atoms with Crippen LogP contribution < -0.4 is 9.47 Å².